The maximum atomic E-state index is 13.0. The van der Waals surface area contributed by atoms with Gasteiger partial charge in [-0.15, -0.1) is 0 Å². The summed E-state index contributed by atoms with van der Waals surface area (Å²) in [5, 5.41) is 1.31. The molecule has 0 bridgehead atoms. The van der Waals surface area contributed by atoms with Gasteiger partial charge in [-0.05, 0) is 42.8 Å². The number of hydrogen-bond donors (Lipinski definition) is 1. The number of benzene rings is 2. The molecule has 0 unspecified atom stereocenters. The third-order valence-corrected chi connectivity index (χ3v) is 3.97. The number of amides is 1. The summed E-state index contributed by atoms with van der Waals surface area (Å²) in [6.07, 6.45) is 8.61. The molecule has 1 heterocycles. The lowest BCUT2D eigenvalue weighted by Gasteiger charge is -2.21. The zero-order chi connectivity index (χ0) is 19.8. The first-order chi connectivity index (χ1) is 13.7. The van der Waals surface area contributed by atoms with Crippen LogP contribution in [0.5, 0.6) is 0 Å². The Balaban J connectivity index is 1.86. The lowest BCUT2D eigenvalue weighted by Crippen LogP contribution is -2.30. The Hall–Kier alpha value is -3.51. The maximum Gasteiger partial charge on any atom is 0.286 e. The van der Waals surface area contributed by atoms with Crippen molar-refractivity contribution in [2.24, 2.45) is 5.73 Å². The predicted octanol–water partition coefficient (Wildman–Crippen LogP) is 3.58. The van der Waals surface area contributed by atoms with E-state index in [9.17, 15) is 4.79 Å². The standard InChI is InChI=1S/C22H22N4O2/c1-2-26(22(27)18-10-11-20-21(16-18)25-14-13-24-20)28-19(9-6-12-23)15-17-7-4-3-5-8-17/h3-11,13-16H,2,12,23H2,1H3/b9-6-,19-15+. The SMILES string of the molecule is CCN(OC(/C=C\CN)=C/c1ccccc1)C(=O)c1ccc2nccnc2c1. The number of allylic oxidation sites excluding steroid dienone is 1. The normalized spacial score (nSPS) is 11.7. The minimum atomic E-state index is -0.254. The van der Waals surface area contributed by atoms with Crippen molar-refractivity contribution >= 4 is 23.0 Å². The van der Waals surface area contributed by atoms with Crippen LogP contribution < -0.4 is 5.73 Å². The number of aromatic nitrogens is 2. The second kappa shape index (κ2) is 9.43. The molecule has 142 valence electrons. The van der Waals surface area contributed by atoms with Crippen molar-refractivity contribution in [3.05, 3.63) is 90.0 Å². The average molecular weight is 374 g/mol. The third-order valence-electron chi connectivity index (χ3n) is 3.97. The van der Waals surface area contributed by atoms with Crippen molar-refractivity contribution in [2.75, 3.05) is 13.1 Å². The summed E-state index contributed by atoms with van der Waals surface area (Å²) in [5.41, 5.74) is 8.41. The van der Waals surface area contributed by atoms with E-state index < -0.39 is 0 Å². The zero-order valence-electron chi connectivity index (χ0n) is 15.7. The first kappa shape index (κ1) is 19.3. The van der Waals surface area contributed by atoms with E-state index in [-0.39, 0.29) is 5.91 Å². The molecule has 0 fully saturated rings. The van der Waals surface area contributed by atoms with Crippen molar-refractivity contribution in [1.82, 2.24) is 15.0 Å². The van der Waals surface area contributed by atoms with Crippen LogP contribution in [0.3, 0.4) is 0 Å². The van der Waals surface area contributed by atoms with E-state index in [1.54, 1.807) is 42.7 Å². The first-order valence-electron chi connectivity index (χ1n) is 9.05. The number of fused-ring (bicyclic) bond motifs is 1. The highest BCUT2D eigenvalue weighted by molar-refractivity contribution is 5.96. The van der Waals surface area contributed by atoms with Crippen LogP contribution in [0.1, 0.15) is 22.8 Å². The lowest BCUT2D eigenvalue weighted by atomic mass is 10.2. The average Bonchev–Trinajstić information content (AvgIpc) is 2.75. The van der Waals surface area contributed by atoms with Crippen molar-refractivity contribution in [2.45, 2.75) is 6.92 Å². The number of carbonyl (C=O) groups is 1. The van der Waals surface area contributed by atoms with Crippen LogP contribution in [-0.4, -0.2) is 34.0 Å². The molecule has 0 aliphatic heterocycles. The highest BCUT2D eigenvalue weighted by atomic mass is 16.7. The van der Waals surface area contributed by atoms with Crippen LogP contribution in [0.15, 0.2) is 78.8 Å². The number of carbonyl (C=O) groups excluding carboxylic acids is 1. The van der Waals surface area contributed by atoms with Crippen molar-refractivity contribution in [3.63, 3.8) is 0 Å². The fraction of sp³-hybridized carbons (Fsp3) is 0.136. The van der Waals surface area contributed by atoms with E-state index in [1.165, 1.54) is 5.06 Å². The molecule has 6 nitrogen and oxygen atoms in total. The Bertz CT molecular complexity index is 1000. The summed E-state index contributed by atoms with van der Waals surface area (Å²) in [6.45, 7) is 2.60. The highest BCUT2D eigenvalue weighted by Crippen LogP contribution is 2.16. The van der Waals surface area contributed by atoms with Crippen LogP contribution >= 0.6 is 0 Å². The van der Waals surface area contributed by atoms with Crippen molar-refractivity contribution in [1.29, 1.82) is 0 Å². The monoisotopic (exact) mass is 374 g/mol. The molecule has 3 aromatic rings. The van der Waals surface area contributed by atoms with Gasteiger partial charge >= 0.3 is 0 Å². The quantitative estimate of drug-likeness (QED) is 0.388. The molecule has 2 aromatic carbocycles. The van der Waals surface area contributed by atoms with Crippen LogP contribution in [-0.2, 0) is 4.84 Å². The van der Waals surface area contributed by atoms with Gasteiger partial charge in [0.1, 0.15) is 0 Å². The van der Waals surface area contributed by atoms with Gasteiger partial charge in [-0.3, -0.25) is 14.8 Å². The smallest absolute Gasteiger partial charge is 0.286 e. The maximum absolute atomic E-state index is 13.0. The minimum Gasteiger partial charge on any atom is -0.377 e. The molecule has 0 aliphatic rings. The van der Waals surface area contributed by atoms with Crippen molar-refractivity contribution < 1.29 is 9.63 Å². The Morgan fingerprint density at radius 3 is 2.57 bits per heavy atom. The second-order valence-corrected chi connectivity index (χ2v) is 5.95. The second-order valence-electron chi connectivity index (χ2n) is 5.95. The molecular formula is C22H22N4O2. The number of nitrogens with zero attached hydrogens (tertiary/aromatic N) is 3. The molecule has 3 rings (SSSR count). The minimum absolute atomic E-state index is 0.254. The van der Waals surface area contributed by atoms with E-state index in [1.807, 2.05) is 43.3 Å². The van der Waals surface area contributed by atoms with Crippen LogP contribution in [0.4, 0.5) is 0 Å². The largest absolute Gasteiger partial charge is 0.377 e. The van der Waals surface area contributed by atoms with E-state index >= 15 is 0 Å². The Labute approximate surface area is 163 Å². The summed E-state index contributed by atoms with van der Waals surface area (Å²) in [5.74, 6) is 0.266. The van der Waals surface area contributed by atoms with E-state index in [4.69, 9.17) is 10.6 Å². The lowest BCUT2D eigenvalue weighted by molar-refractivity contribution is -0.0755. The summed E-state index contributed by atoms with van der Waals surface area (Å²) < 4.78 is 0. The van der Waals surface area contributed by atoms with Gasteiger partial charge in [-0.1, -0.05) is 36.4 Å². The van der Waals surface area contributed by atoms with Gasteiger partial charge in [-0.2, -0.15) is 5.06 Å². The van der Waals surface area contributed by atoms with Gasteiger partial charge in [0, 0.05) is 24.5 Å². The predicted molar refractivity (Wildman–Crippen MR) is 110 cm³/mol. The van der Waals surface area contributed by atoms with Gasteiger partial charge < -0.3 is 10.6 Å². The summed E-state index contributed by atoms with van der Waals surface area (Å²) in [4.78, 5) is 27.3. The summed E-state index contributed by atoms with van der Waals surface area (Å²) >= 11 is 0. The number of hydrogen-bond acceptors (Lipinski definition) is 5. The fourth-order valence-corrected chi connectivity index (χ4v) is 2.62. The van der Waals surface area contributed by atoms with Gasteiger partial charge in [0.15, 0.2) is 5.76 Å². The Morgan fingerprint density at radius 2 is 1.86 bits per heavy atom. The summed E-state index contributed by atoms with van der Waals surface area (Å²) in [7, 11) is 0. The number of hydroxylamine groups is 2. The molecule has 0 radical (unpaired) electrons. The molecule has 0 aliphatic carbocycles. The van der Waals surface area contributed by atoms with Crippen molar-refractivity contribution in [3.8, 4) is 0 Å². The summed E-state index contributed by atoms with van der Waals surface area (Å²) in [6, 6.07) is 15.0. The number of rotatable bonds is 7. The third kappa shape index (κ3) is 4.81. The molecule has 0 saturated carbocycles. The number of nitrogens with two attached hydrogens (primary N) is 1. The molecule has 0 saturated heterocycles. The molecule has 1 aromatic heterocycles. The van der Waals surface area contributed by atoms with Gasteiger partial charge in [0.2, 0.25) is 0 Å². The Kier molecular flexibility index (Phi) is 6.49. The first-order valence-corrected chi connectivity index (χ1v) is 9.05. The molecule has 6 heteroatoms. The zero-order valence-corrected chi connectivity index (χ0v) is 15.7. The van der Waals surface area contributed by atoms with E-state index in [0.29, 0.717) is 29.9 Å². The van der Waals surface area contributed by atoms with Gasteiger partial charge in [0.05, 0.1) is 17.6 Å². The molecule has 1 amide bonds. The fourth-order valence-electron chi connectivity index (χ4n) is 2.62. The topological polar surface area (TPSA) is 81.3 Å². The van der Waals surface area contributed by atoms with E-state index in [2.05, 4.69) is 9.97 Å². The molecule has 2 N–H and O–H groups in total. The van der Waals surface area contributed by atoms with Gasteiger partial charge in [-0.25, -0.2) is 0 Å². The van der Waals surface area contributed by atoms with Gasteiger partial charge in [0.25, 0.3) is 5.91 Å². The molecule has 28 heavy (non-hydrogen) atoms. The van der Waals surface area contributed by atoms with Crippen LogP contribution in [0.25, 0.3) is 17.1 Å². The van der Waals surface area contributed by atoms with E-state index in [0.717, 1.165) is 11.1 Å². The Morgan fingerprint density at radius 1 is 1.11 bits per heavy atom. The highest BCUT2D eigenvalue weighted by Gasteiger charge is 2.17. The van der Waals surface area contributed by atoms with Crippen LogP contribution in [0, 0.1) is 0 Å². The molecule has 0 atom stereocenters. The molecular weight excluding hydrogens is 352 g/mol. The molecule has 0 spiro atoms. The van der Waals surface area contributed by atoms with Crippen LogP contribution in [0.2, 0.25) is 0 Å².